The summed E-state index contributed by atoms with van der Waals surface area (Å²) in [6.45, 7) is 2.40. The zero-order valence-corrected chi connectivity index (χ0v) is 7.58. The van der Waals surface area contributed by atoms with E-state index in [2.05, 4.69) is 5.92 Å². The molecule has 0 atom stereocenters. The van der Waals surface area contributed by atoms with Crippen LogP contribution in [-0.4, -0.2) is 36.1 Å². The van der Waals surface area contributed by atoms with Crippen LogP contribution in [0.25, 0.3) is 0 Å². The van der Waals surface area contributed by atoms with Crippen LogP contribution in [-0.2, 0) is 9.53 Å². The highest BCUT2D eigenvalue weighted by atomic mass is 16.5. The van der Waals surface area contributed by atoms with E-state index in [4.69, 9.17) is 11.2 Å². The molecule has 70 valence electrons. The van der Waals surface area contributed by atoms with Gasteiger partial charge in [-0.3, -0.25) is 4.79 Å². The summed E-state index contributed by atoms with van der Waals surface area (Å²) in [4.78, 5) is 13.2. The number of hydrogen-bond donors (Lipinski definition) is 0. The maximum absolute atomic E-state index is 11.4. The van der Waals surface area contributed by atoms with E-state index in [1.54, 1.807) is 0 Å². The van der Waals surface area contributed by atoms with E-state index in [-0.39, 0.29) is 11.5 Å². The highest BCUT2D eigenvalue weighted by molar-refractivity contribution is 5.77. The molecule has 2 rings (SSSR count). The first-order chi connectivity index (χ1) is 6.26. The molecule has 3 nitrogen and oxygen atoms in total. The largest absolute Gasteiger partial charge is 0.371 e. The van der Waals surface area contributed by atoms with Gasteiger partial charge in [-0.2, -0.15) is 0 Å². The molecule has 0 bridgehead atoms. The van der Waals surface area contributed by atoms with Crippen molar-refractivity contribution in [3.8, 4) is 12.3 Å². The number of nitrogens with zero attached hydrogens (tertiary/aromatic N) is 1. The van der Waals surface area contributed by atoms with Crippen molar-refractivity contribution in [3.63, 3.8) is 0 Å². The molecule has 0 aliphatic carbocycles. The topological polar surface area (TPSA) is 29.5 Å². The second kappa shape index (κ2) is 3.04. The van der Waals surface area contributed by atoms with Crippen molar-refractivity contribution in [1.29, 1.82) is 0 Å². The van der Waals surface area contributed by atoms with Crippen molar-refractivity contribution in [2.45, 2.75) is 24.9 Å². The minimum Gasteiger partial charge on any atom is -0.371 e. The summed E-state index contributed by atoms with van der Waals surface area (Å²) in [5.41, 5.74) is 0.0474. The highest BCUT2D eigenvalue weighted by Gasteiger charge is 2.50. The molecule has 3 heteroatoms. The van der Waals surface area contributed by atoms with Crippen molar-refractivity contribution in [2.75, 3.05) is 19.7 Å². The Morgan fingerprint density at radius 2 is 2.31 bits per heavy atom. The molecule has 0 unspecified atom stereocenters. The summed E-state index contributed by atoms with van der Waals surface area (Å²) in [6.07, 6.45) is 7.21. The lowest BCUT2D eigenvalue weighted by Gasteiger charge is -2.55. The van der Waals surface area contributed by atoms with Crippen molar-refractivity contribution in [2.24, 2.45) is 0 Å². The quantitative estimate of drug-likeness (QED) is 0.574. The maximum atomic E-state index is 11.4. The standard InChI is InChI=1S/C10H13NO2/c1-2-3-4-9(12)11-7-10(8-11)5-6-13-10/h1H,3-8H2. The zero-order valence-electron chi connectivity index (χ0n) is 7.58. The summed E-state index contributed by atoms with van der Waals surface area (Å²) in [6, 6.07) is 0. The van der Waals surface area contributed by atoms with Gasteiger partial charge in [0, 0.05) is 19.3 Å². The lowest BCUT2D eigenvalue weighted by atomic mass is 9.86. The summed E-state index contributed by atoms with van der Waals surface area (Å²) < 4.78 is 5.40. The lowest BCUT2D eigenvalue weighted by Crippen LogP contribution is -2.69. The van der Waals surface area contributed by atoms with Crippen LogP contribution >= 0.6 is 0 Å². The van der Waals surface area contributed by atoms with Crippen molar-refractivity contribution >= 4 is 5.91 Å². The molecule has 2 fully saturated rings. The van der Waals surface area contributed by atoms with Crippen LogP contribution in [0.2, 0.25) is 0 Å². The van der Waals surface area contributed by atoms with Crippen LogP contribution in [0, 0.1) is 12.3 Å². The number of carbonyl (C=O) groups excluding carboxylic acids is 1. The molecule has 1 spiro atoms. The monoisotopic (exact) mass is 179 g/mol. The first-order valence-electron chi connectivity index (χ1n) is 4.61. The molecule has 0 aromatic heterocycles. The Bertz CT molecular complexity index is 255. The number of hydrogen-bond acceptors (Lipinski definition) is 2. The van der Waals surface area contributed by atoms with E-state index < -0.39 is 0 Å². The van der Waals surface area contributed by atoms with E-state index in [9.17, 15) is 4.79 Å². The number of ether oxygens (including phenoxy) is 1. The number of terminal acetylenes is 1. The molecule has 1 amide bonds. The van der Waals surface area contributed by atoms with E-state index in [1.165, 1.54) is 0 Å². The van der Waals surface area contributed by atoms with Gasteiger partial charge in [-0.15, -0.1) is 12.3 Å². The summed E-state index contributed by atoms with van der Waals surface area (Å²) in [5.74, 6) is 2.64. The average Bonchev–Trinajstić information content (AvgIpc) is 1.95. The fraction of sp³-hybridized carbons (Fsp3) is 0.700. The first-order valence-corrected chi connectivity index (χ1v) is 4.61. The Hall–Kier alpha value is -1.01. The maximum Gasteiger partial charge on any atom is 0.223 e. The van der Waals surface area contributed by atoms with Crippen LogP contribution in [0.4, 0.5) is 0 Å². The lowest BCUT2D eigenvalue weighted by molar-refractivity contribution is -0.221. The predicted molar refractivity (Wildman–Crippen MR) is 47.9 cm³/mol. The van der Waals surface area contributed by atoms with Gasteiger partial charge < -0.3 is 9.64 Å². The summed E-state index contributed by atoms with van der Waals surface area (Å²) in [7, 11) is 0. The zero-order chi connectivity index (χ0) is 9.31. The van der Waals surface area contributed by atoms with E-state index in [0.717, 1.165) is 26.1 Å². The van der Waals surface area contributed by atoms with Crippen LogP contribution in [0.15, 0.2) is 0 Å². The Morgan fingerprint density at radius 1 is 1.62 bits per heavy atom. The third kappa shape index (κ3) is 1.42. The molecular weight excluding hydrogens is 166 g/mol. The molecular formula is C10H13NO2. The smallest absolute Gasteiger partial charge is 0.223 e. The number of rotatable bonds is 2. The Balaban J connectivity index is 1.73. The molecule has 2 saturated heterocycles. The minimum absolute atomic E-state index is 0.0474. The molecule has 0 aromatic rings. The van der Waals surface area contributed by atoms with Gasteiger partial charge in [-0.05, 0) is 0 Å². The van der Waals surface area contributed by atoms with E-state index in [0.29, 0.717) is 12.8 Å². The normalized spacial score (nSPS) is 23.2. The first kappa shape index (κ1) is 8.58. The number of carbonyl (C=O) groups is 1. The van der Waals surface area contributed by atoms with Gasteiger partial charge in [0.05, 0.1) is 19.7 Å². The average molecular weight is 179 g/mol. The van der Waals surface area contributed by atoms with Crippen molar-refractivity contribution < 1.29 is 9.53 Å². The van der Waals surface area contributed by atoms with Crippen LogP contribution in [0.5, 0.6) is 0 Å². The van der Waals surface area contributed by atoms with Gasteiger partial charge >= 0.3 is 0 Å². The van der Waals surface area contributed by atoms with Crippen LogP contribution in [0.3, 0.4) is 0 Å². The molecule has 0 aromatic carbocycles. The Kier molecular flexibility index (Phi) is 2.01. The molecule has 2 aliphatic heterocycles. The van der Waals surface area contributed by atoms with Crippen molar-refractivity contribution in [3.05, 3.63) is 0 Å². The van der Waals surface area contributed by atoms with Crippen LogP contribution < -0.4 is 0 Å². The van der Waals surface area contributed by atoms with Crippen LogP contribution in [0.1, 0.15) is 19.3 Å². The van der Waals surface area contributed by atoms with Crippen molar-refractivity contribution in [1.82, 2.24) is 4.90 Å². The second-order valence-electron chi connectivity index (χ2n) is 3.74. The van der Waals surface area contributed by atoms with Gasteiger partial charge in [-0.25, -0.2) is 0 Å². The van der Waals surface area contributed by atoms with Gasteiger partial charge in [0.2, 0.25) is 5.91 Å². The van der Waals surface area contributed by atoms with Gasteiger partial charge in [0.25, 0.3) is 0 Å². The molecule has 0 saturated carbocycles. The fourth-order valence-electron chi connectivity index (χ4n) is 1.80. The van der Waals surface area contributed by atoms with E-state index in [1.807, 2.05) is 4.90 Å². The SMILES string of the molecule is C#CCCC(=O)N1CC2(CCO2)C1. The highest BCUT2D eigenvalue weighted by Crippen LogP contribution is 2.36. The number of likely N-dealkylation sites (tertiary alicyclic amines) is 1. The molecule has 13 heavy (non-hydrogen) atoms. The molecule has 0 N–H and O–H groups in total. The Labute approximate surface area is 78.0 Å². The minimum atomic E-state index is 0.0474. The third-order valence-corrected chi connectivity index (χ3v) is 2.76. The molecule has 2 aliphatic rings. The predicted octanol–water partition coefficient (Wildman–Crippen LogP) is 0.401. The fourth-order valence-corrected chi connectivity index (χ4v) is 1.80. The molecule has 2 heterocycles. The van der Waals surface area contributed by atoms with Gasteiger partial charge in [-0.1, -0.05) is 0 Å². The molecule has 0 radical (unpaired) electrons. The number of amides is 1. The van der Waals surface area contributed by atoms with E-state index >= 15 is 0 Å². The second-order valence-corrected chi connectivity index (χ2v) is 3.74. The Morgan fingerprint density at radius 3 is 2.77 bits per heavy atom. The third-order valence-electron chi connectivity index (χ3n) is 2.76. The van der Waals surface area contributed by atoms with Gasteiger partial charge in [0.15, 0.2) is 0 Å². The summed E-state index contributed by atoms with van der Waals surface area (Å²) in [5, 5.41) is 0. The van der Waals surface area contributed by atoms with Gasteiger partial charge in [0.1, 0.15) is 5.60 Å². The summed E-state index contributed by atoms with van der Waals surface area (Å²) >= 11 is 0.